The summed E-state index contributed by atoms with van der Waals surface area (Å²) in [5, 5.41) is 4.30. The zero-order valence-electron chi connectivity index (χ0n) is 16.4. The lowest BCUT2D eigenvalue weighted by molar-refractivity contribution is -0.128. The van der Waals surface area contributed by atoms with E-state index in [-0.39, 0.29) is 11.8 Å². The second-order valence-corrected chi connectivity index (χ2v) is 7.10. The number of fused-ring (bicyclic) bond motifs is 1. The minimum atomic E-state index is -0.0941. The van der Waals surface area contributed by atoms with Crippen LogP contribution in [0, 0.1) is 6.92 Å². The Labute approximate surface area is 159 Å². The van der Waals surface area contributed by atoms with E-state index in [9.17, 15) is 9.59 Å². The van der Waals surface area contributed by atoms with Crippen LogP contribution in [0.3, 0.4) is 0 Å². The number of rotatable bonds is 4. The topological polar surface area (TPSA) is 67.7 Å². The van der Waals surface area contributed by atoms with Crippen molar-refractivity contribution in [3.8, 4) is 5.75 Å². The number of hydrogen-bond donors (Lipinski definition) is 0. The maximum atomic E-state index is 12.8. The minimum Gasteiger partial charge on any atom is -0.491 e. The van der Waals surface area contributed by atoms with Crippen molar-refractivity contribution in [2.24, 2.45) is 7.05 Å². The van der Waals surface area contributed by atoms with Gasteiger partial charge in [0.25, 0.3) is 5.91 Å². The van der Waals surface area contributed by atoms with Crippen molar-refractivity contribution in [2.75, 3.05) is 27.2 Å². The second kappa shape index (κ2) is 7.82. The molecule has 7 nitrogen and oxygen atoms in total. The van der Waals surface area contributed by atoms with Crippen LogP contribution < -0.4 is 4.74 Å². The smallest absolute Gasteiger partial charge is 0.274 e. The standard InChI is InChI=1S/C20H26N4O3/c1-14-11-17(21-23(14)4)20(26)24-9-10-27-18-7-5-15(12-16(18)13-24)6-8-19(25)22(2)3/h5,7,11-12H,6,8-10,13H2,1-4H3. The molecule has 0 spiro atoms. The summed E-state index contributed by atoms with van der Waals surface area (Å²) in [4.78, 5) is 28.0. The van der Waals surface area contributed by atoms with Gasteiger partial charge >= 0.3 is 0 Å². The van der Waals surface area contributed by atoms with Crippen molar-refractivity contribution in [1.82, 2.24) is 19.6 Å². The monoisotopic (exact) mass is 370 g/mol. The summed E-state index contributed by atoms with van der Waals surface area (Å²) in [5.74, 6) is 0.803. The minimum absolute atomic E-state index is 0.0941. The normalized spacial score (nSPS) is 13.6. The van der Waals surface area contributed by atoms with Gasteiger partial charge in [-0.15, -0.1) is 0 Å². The summed E-state index contributed by atoms with van der Waals surface area (Å²) in [5.41, 5.74) is 3.42. The molecule has 27 heavy (non-hydrogen) atoms. The quantitative estimate of drug-likeness (QED) is 0.823. The number of ether oxygens (including phenoxy) is 1. The second-order valence-electron chi connectivity index (χ2n) is 7.10. The number of hydrogen-bond acceptors (Lipinski definition) is 4. The molecule has 0 aliphatic carbocycles. The molecule has 1 aliphatic heterocycles. The Balaban J connectivity index is 1.76. The molecule has 0 N–H and O–H groups in total. The Hall–Kier alpha value is -2.83. The predicted molar refractivity (Wildman–Crippen MR) is 102 cm³/mol. The summed E-state index contributed by atoms with van der Waals surface area (Å²) in [6.45, 7) is 3.35. The maximum absolute atomic E-state index is 12.8. The zero-order valence-corrected chi connectivity index (χ0v) is 16.4. The maximum Gasteiger partial charge on any atom is 0.274 e. The van der Waals surface area contributed by atoms with Crippen LogP contribution >= 0.6 is 0 Å². The van der Waals surface area contributed by atoms with Gasteiger partial charge in [-0.2, -0.15) is 5.10 Å². The van der Waals surface area contributed by atoms with E-state index in [4.69, 9.17) is 4.74 Å². The molecule has 0 bridgehead atoms. The van der Waals surface area contributed by atoms with Crippen LogP contribution in [0.4, 0.5) is 0 Å². The van der Waals surface area contributed by atoms with Gasteiger partial charge in [-0.1, -0.05) is 12.1 Å². The first-order valence-electron chi connectivity index (χ1n) is 9.10. The lowest BCUT2D eigenvalue weighted by Gasteiger charge is -2.18. The fraction of sp³-hybridized carbons (Fsp3) is 0.450. The molecule has 1 aliphatic rings. The first-order valence-corrected chi connectivity index (χ1v) is 9.10. The molecule has 0 saturated carbocycles. The van der Waals surface area contributed by atoms with Crippen LogP contribution in [0.25, 0.3) is 0 Å². The molecular formula is C20H26N4O3. The molecule has 3 rings (SSSR count). The number of carbonyl (C=O) groups excluding carboxylic acids is 2. The predicted octanol–water partition coefficient (Wildman–Crippen LogP) is 1.78. The highest BCUT2D eigenvalue weighted by atomic mass is 16.5. The van der Waals surface area contributed by atoms with Crippen LogP contribution in [-0.4, -0.2) is 58.6 Å². The highest BCUT2D eigenvalue weighted by Gasteiger charge is 2.23. The van der Waals surface area contributed by atoms with E-state index >= 15 is 0 Å². The Morgan fingerprint density at radius 3 is 2.70 bits per heavy atom. The van der Waals surface area contributed by atoms with Gasteiger partial charge in [0, 0.05) is 45.4 Å². The third kappa shape index (κ3) is 4.30. The summed E-state index contributed by atoms with van der Waals surface area (Å²) in [6.07, 6.45) is 1.13. The van der Waals surface area contributed by atoms with Gasteiger partial charge in [0.1, 0.15) is 12.4 Å². The Kier molecular flexibility index (Phi) is 5.48. The van der Waals surface area contributed by atoms with E-state index < -0.39 is 0 Å². The third-order valence-electron chi connectivity index (χ3n) is 4.85. The van der Waals surface area contributed by atoms with Gasteiger partial charge in [0.2, 0.25) is 5.91 Å². The molecule has 2 aromatic rings. The molecular weight excluding hydrogens is 344 g/mol. The molecule has 0 radical (unpaired) electrons. The van der Waals surface area contributed by atoms with Gasteiger partial charge < -0.3 is 14.5 Å². The number of aromatic nitrogens is 2. The molecule has 2 amide bonds. The van der Waals surface area contributed by atoms with Gasteiger partial charge in [-0.05, 0) is 31.0 Å². The third-order valence-corrected chi connectivity index (χ3v) is 4.85. The number of aryl methyl sites for hydroxylation is 3. The van der Waals surface area contributed by atoms with E-state index in [1.54, 1.807) is 34.6 Å². The van der Waals surface area contributed by atoms with Crippen molar-refractivity contribution < 1.29 is 14.3 Å². The fourth-order valence-corrected chi connectivity index (χ4v) is 3.08. The van der Waals surface area contributed by atoms with Gasteiger partial charge in [-0.25, -0.2) is 0 Å². The summed E-state index contributed by atoms with van der Waals surface area (Å²) in [7, 11) is 5.35. The summed E-state index contributed by atoms with van der Waals surface area (Å²) in [6, 6.07) is 7.76. The van der Waals surface area contributed by atoms with Crippen LogP contribution in [0.5, 0.6) is 5.75 Å². The van der Waals surface area contributed by atoms with Crippen molar-refractivity contribution in [3.05, 3.63) is 46.8 Å². The summed E-state index contributed by atoms with van der Waals surface area (Å²) >= 11 is 0. The highest BCUT2D eigenvalue weighted by Crippen LogP contribution is 2.26. The van der Waals surface area contributed by atoms with Gasteiger partial charge in [0.05, 0.1) is 6.54 Å². The van der Waals surface area contributed by atoms with Crippen LogP contribution in [0.2, 0.25) is 0 Å². The Bertz CT molecular complexity index is 837. The highest BCUT2D eigenvalue weighted by molar-refractivity contribution is 5.92. The molecule has 0 atom stereocenters. The molecule has 1 aromatic heterocycles. The van der Waals surface area contributed by atoms with Crippen LogP contribution in [0.1, 0.15) is 33.7 Å². The number of benzene rings is 1. The van der Waals surface area contributed by atoms with E-state index in [0.29, 0.717) is 38.2 Å². The number of carbonyl (C=O) groups is 2. The first-order chi connectivity index (χ1) is 12.8. The van der Waals surface area contributed by atoms with Crippen LogP contribution in [0.15, 0.2) is 24.3 Å². The molecule has 2 heterocycles. The van der Waals surface area contributed by atoms with Crippen LogP contribution in [-0.2, 0) is 24.8 Å². The summed E-state index contributed by atoms with van der Waals surface area (Å²) < 4.78 is 7.52. The Morgan fingerprint density at radius 2 is 2.04 bits per heavy atom. The van der Waals surface area contributed by atoms with E-state index in [0.717, 1.165) is 22.6 Å². The largest absolute Gasteiger partial charge is 0.491 e. The molecule has 0 unspecified atom stereocenters. The van der Waals surface area contributed by atoms with E-state index in [2.05, 4.69) is 5.10 Å². The van der Waals surface area contributed by atoms with Crippen molar-refractivity contribution in [1.29, 1.82) is 0 Å². The molecule has 7 heteroatoms. The molecule has 1 aromatic carbocycles. The lowest BCUT2D eigenvalue weighted by Crippen LogP contribution is -2.32. The molecule has 144 valence electrons. The van der Waals surface area contributed by atoms with Gasteiger partial charge in [0.15, 0.2) is 5.69 Å². The number of amides is 2. The SMILES string of the molecule is Cc1cc(C(=O)N2CCOc3ccc(CCC(=O)N(C)C)cc3C2)nn1C. The molecule has 0 fully saturated rings. The fourth-order valence-electron chi connectivity index (χ4n) is 3.08. The lowest BCUT2D eigenvalue weighted by atomic mass is 10.0. The average molecular weight is 370 g/mol. The van der Waals surface area contributed by atoms with Crippen molar-refractivity contribution in [3.63, 3.8) is 0 Å². The van der Waals surface area contributed by atoms with Gasteiger partial charge in [-0.3, -0.25) is 14.3 Å². The molecule has 0 saturated heterocycles. The number of nitrogens with zero attached hydrogens (tertiary/aromatic N) is 4. The first kappa shape index (κ1) is 18.9. The zero-order chi connectivity index (χ0) is 19.6. The van der Waals surface area contributed by atoms with Crippen molar-refractivity contribution >= 4 is 11.8 Å². The van der Waals surface area contributed by atoms with E-state index in [1.807, 2.05) is 32.2 Å². The van der Waals surface area contributed by atoms with Crippen molar-refractivity contribution in [2.45, 2.75) is 26.3 Å². The van der Waals surface area contributed by atoms with E-state index in [1.165, 1.54) is 0 Å². The Morgan fingerprint density at radius 1 is 1.26 bits per heavy atom. The average Bonchev–Trinajstić information content (AvgIpc) is 2.85.